The minimum absolute atomic E-state index is 0. The molecule has 0 spiro atoms. The number of Topliss-reactive ketones (excluding diaryl/α,β-unsaturated/α-hetero) is 1. The molecule has 1 aliphatic rings. The molecular formula is C15H16F3MgNO2+2. The Morgan fingerprint density at radius 1 is 1.32 bits per heavy atom. The molecule has 1 aliphatic heterocycles. The van der Waals surface area contributed by atoms with E-state index in [-0.39, 0.29) is 53.6 Å². The number of ketones is 1. The first-order chi connectivity index (χ1) is 9.84. The van der Waals surface area contributed by atoms with Gasteiger partial charge in [0.2, 0.25) is 5.91 Å². The first-order valence-corrected chi connectivity index (χ1v) is 6.82. The number of benzene rings is 1. The molecule has 7 heteroatoms. The maximum Gasteiger partial charge on any atom is 2.00 e. The Morgan fingerprint density at radius 3 is 2.64 bits per heavy atom. The molecule has 1 aromatic rings. The summed E-state index contributed by atoms with van der Waals surface area (Å²) in [7, 11) is 0. The number of carbonyl (C=O) groups is 2. The van der Waals surface area contributed by atoms with Crippen molar-refractivity contribution in [1.82, 2.24) is 5.32 Å². The fourth-order valence-electron chi connectivity index (χ4n) is 2.40. The number of carbonyl (C=O) groups excluding carboxylic acids is 2. The third-order valence-electron chi connectivity index (χ3n) is 3.51. The second kappa shape index (κ2) is 7.96. The Hall–Kier alpha value is -1.08. The molecule has 0 saturated carbocycles. The molecular weight excluding hydrogens is 307 g/mol. The van der Waals surface area contributed by atoms with Gasteiger partial charge in [0.1, 0.15) is 5.78 Å². The maximum atomic E-state index is 12.6. The van der Waals surface area contributed by atoms with Gasteiger partial charge in [-0.1, -0.05) is 18.2 Å². The van der Waals surface area contributed by atoms with E-state index in [1.165, 1.54) is 12.1 Å². The topological polar surface area (TPSA) is 46.2 Å². The summed E-state index contributed by atoms with van der Waals surface area (Å²) >= 11 is 0. The number of rotatable bonds is 5. The van der Waals surface area contributed by atoms with E-state index < -0.39 is 11.7 Å². The summed E-state index contributed by atoms with van der Waals surface area (Å²) in [5, 5.41) is 2.76. The molecule has 0 bridgehead atoms. The molecule has 114 valence electrons. The van der Waals surface area contributed by atoms with Crippen molar-refractivity contribution < 1.29 is 22.8 Å². The number of halogens is 3. The van der Waals surface area contributed by atoms with Crippen LogP contribution in [-0.4, -0.2) is 40.8 Å². The van der Waals surface area contributed by atoms with Crippen LogP contribution in [0.25, 0.3) is 0 Å². The van der Waals surface area contributed by atoms with Gasteiger partial charge in [0, 0.05) is 25.3 Å². The van der Waals surface area contributed by atoms with Gasteiger partial charge in [0.05, 0.1) is 5.56 Å². The summed E-state index contributed by atoms with van der Waals surface area (Å²) in [6.07, 6.45) is -2.40. The summed E-state index contributed by atoms with van der Waals surface area (Å²) in [6.45, 7) is 0. The third kappa shape index (κ3) is 5.60. The fraction of sp³-hybridized carbons (Fsp3) is 0.467. The van der Waals surface area contributed by atoms with E-state index in [0.717, 1.165) is 18.6 Å². The second-order valence-electron chi connectivity index (χ2n) is 5.26. The molecule has 3 nitrogen and oxygen atoms in total. The second-order valence-corrected chi connectivity index (χ2v) is 5.26. The van der Waals surface area contributed by atoms with Crippen molar-refractivity contribution in [2.75, 3.05) is 0 Å². The fourth-order valence-corrected chi connectivity index (χ4v) is 2.40. The zero-order valence-electron chi connectivity index (χ0n) is 12.1. The van der Waals surface area contributed by atoms with Crippen LogP contribution in [-0.2, 0) is 22.2 Å². The Balaban J connectivity index is 0.00000242. The van der Waals surface area contributed by atoms with Crippen molar-refractivity contribution >= 4 is 34.7 Å². The molecule has 0 aliphatic carbocycles. The minimum atomic E-state index is -4.40. The standard InChI is InChI=1S/C15H16F3NO2.Mg/c16-15(17,18)11-3-1-2-10(8-11)9-13(20)6-4-12-5-7-14(21)19-12;/h1-3,8,12H,4-7,9H2,(H,19,21);/q;+2. The minimum Gasteiger partial charge on any atom is -0.353 e. The molecule has 1 atom stereocenters. The first-order valence-electron chi connectivity index (χ1n) is 6.82. The summed E-state index contributed by atoms with van der Waals surface area (Å²) in [5.41, 5.74) is -0.374. The Bertz CT molecular complexity index is 546. The average molecular weight is 324 g/mol. The normalized spacial score (nSPS) is 17.8. The van der Waals surface area contributed by atoms with Crippen molar-refractivity contribution in [3.8, 4) is 0 Å². The van der Waals surface area contributed by atoms with E-state index in [1.807, 2.05) is 0 Å². The van der Waals surface area contributed by atoms with Crippen molar-refractivity contribution in [2.45, 2.75) is 44.3 Å². The van der Waals surface area contributed by atoms with Gasteiger partial charge < -0.3 is 5.32 Å². The van der Waals surface area contributed by atoms with Crippen LogP contribution in [0.1, 0.15) is 36.8 Å². The van der Waals surface area contributed by atoms with E-state index in [4.69, 9.17) is 0 Å². The van der Waals surface area contributed by atoms with Gasteiger partial charge in [-0.05, 0) is 24.5 Å². The quantitative estimate of drug-likeness (QED) is 0.846. The monoisotopic (exact) mass is 323 g/mol. The third-order valence-corrected chi connectivity index (χ3v) is 3.51. The molecule has 1 unspecified atom stereocenters. The van der Waals surface area contributed by atoms with Gasteiger partial charge >= 0.3 is 29.2 Å². The molecule has 22 heavy (non-hydrogen) atoms. The summed E-state index contributed by atoms with van der Waals surface area (Å²) in [4.78, 5) is 22.8. The number of hydrogen-bond acceptors (Lipinski definition) is 2. The van der Waals surface area contributed by atoms with Gasteiger partial charge in [-0.25, -0.2) is 0 Å². The van der Waals surface area contributed by atoms with E-state index >= 15 is 0 Å². The van der Waals surface area contributed by atoms with Crippen LogP contribution >= 0.6 is 0 Å². The van der Waals surface area contributed by atoms with E-state index in [9.17, 15) is 22.8 Å². The Labute approximate surface area is 142 Å². The van der Waals surface area contributed by atoms with Crippen molar-refractivity contribution in [3.05, 3.63) is 35.4 Å². The molecule has 0 aromatic heterocycles. The number of alkyl halides is 3. The van der Waals surface area contributed by atoms with Gasteiger partial charge in [0.15, 0.2) is 0 Å². The molecule has 0 radical (unpaired) electrons. The van der Waals surface area contributed by atoms with Gasteiger partial charge in [-0.2, -0.15) is 13.2 Å². The zero-order valence-corrected chi connectivity index (χ0v) is 13.5. The van der Waals surface area contributed by atoms with E-state index in [2.05, 4.69) is 5.32 Å². The van der Waals surface area contributed by atoms with E-state index in [1.54, 1.807) is 0 Å². The van der Waals surface area contributed by atoms with Crippen LogP contribution in [0.4, 0.5) is 13.2 Å². The van der Waals surface area contributed by atoms with Crippen LogP contribution < -0.4 is 5.32 Å². The van der Waals surface area contributed by atoms with Crippen LogP contribution in [0.5, 0.6) is 0 Å². The van der Waals surface area contributed by atoms with Gasteiger partial charge in [-0.15, -0.1) is 0 Å². The number of hydrogen-bond donors (Lipinski definition) is 1. The number of amides is 1. The van der Waals surface area contributed by atoms with Crippen molar-refractivity contribution in [3.63, 3.8) is 0 Å². The zero-order chi connectivity index (χ0) is 15.5. The smallest absolute Gasteiger partial charge is 0.353 e. The largest absolute Gasteiger partial charge is 2.00 e. The first kappa shape index (κ1) is 19.0. The van der Waals surface area contributed by atoms with Crippen LogP contribution in [0.15, 0.2) is 24.3 Å². The summed E-state index contributed by atoms with van der Waals surface area (Å²) in [5.74, 6) is -0.124. The Kier molecular flexibility index (Phi) is 6.86. The summed E-state index contributed by atoms with van der Waals surface area (Å²) < 4.78 is 37.7. The maximum absolute atomic E-state index is 12.6. The van der Waals surface area contributed by atoms with E-state index in [0.29, 0.717) is 18.4 Å². The molecule has 1 fully saturated rings. The molecule has 1 heterocycles. The number of nitrogens with one attached hydrogen (secondary N) is 1. The van der Waals surface area contributed by atoms with Crippen LogP contribution in [0.3, 0.4) is 0 Å². The van der Waals surface area contributed by atoms with Crippen molar-refractivity contribution in [2.24, 2.45) is 0 Å². The predicted octanol–water partition coefficient (Wildman–Crippen LogP) is 2.50. The van der Waals surface area contributed by atoms with Crippen LogP contribution in [0, 0.1) is 0 Å². The SMILES string of the molecule is O=C(CCC1CCC(=O)N1)Cc1cccc(C(F)(F)F)c1.[Mg+2]. The van der Waals surface area contributed by atoms with Gasteiger partial charge in [-0.3, -0.25) is 9.59 Å². The molecule has 1 aromatic carbocycles. The molecule has 1 amide bonds. The molecule has 1 saturated heterocycles. The Morgan fingerprint density at radius 2 is 2.05 bits per heavy atom. The van der Waals surface area contributed by atoms with Gasteiger partial charge in [0.25, 0.3) is 0 Å². The summed E-state index contributed by atoms with van der Waals surface area (Å²) in [6, 6.07) is 4.84. The predicted molar refractivity (Wildman–Crippen MR) is 76.3 cm³/mol. The molecule has 2 rings (SSSR count). The molecule has 1 N–H and O–H groups in total. The van der Waals surface area contributed by atoms with Crippen molar-refractivity contribution in [1.29, 1.82) is 0 Å². The van der Waals surface area contributed by atoms with Crippen LogP contribution in [0.2, 0.25) is 0 Å². The average Bonchev–Trinajstić information content (AvgIpc) is 2.82.